The molecule has 0 saturated carbocycles. The minimum atomic E-state index is -4.91. The fourth-order valence-electron chi connectivity index (χ4n) is 3.00. The molecule has 0 aliphatic carbocycles. The topological polar surface area (TPSA) is 91.7 Å². The summed E-state index contributed by atoms with van der Waals surface area (Å²) in [5.74, 6) is 0.660. The van der Waals surface area contributed by atoms with Gasteiger partial charge in [0.1, 0.15) is 0 Å². The van der Waals surface area contributed by atoms with Gasteiger partial charge in [-0.1, -0.05) is 11.6 Å². The number of aromatic nitrogens is 1. The van der Waals surface area contributed by atoms with Crippen LogP contribution in [0.15, 0.2) is 60.7 Å². The van der Waals surface area contributed by atoms with Gasteiger partial charge in [-0.2, -0.15) is 0 Å². The molecule has 142 valence electrons. The molecule has 0 unspecified atom stereocenters. The zero-order chi connectivity index (χ0) is 19.9. The van der Waals surface area contributed by atoms with Crippen LogP contribution >= 0.6 is 11.6 Å². The summed E-state index contributed by atoms with van der Waals surface area (Å²) >= 11 is 1.19. The molecule has 3 aromatic carbocycles. The van der Waals surface area contributed by atoms with E-state index in [4.69, 9.17) is 21.3 Å². The van der Waals surface area contributed by atoms with Crippen molar-refractivity contribution in [2.24, 2.45) is 0 Å². The second-order valence-corrected chi connectivity index (χ2v) is 10.1. The molecule has 0 spiro atoms. The standard InChI is InChI=1S/C20H16AsClN2O4/c1-28-17-10-13-8-12-9-15(22)4-7-18(12)24-20(13)19(11-17)23-16-5-2-14(3-6-16)21(25,26)27/h2-11,23H,1H3,(H2,25,26,27). The molecule has 0 saturated heterocycles. The van der Waals surface area contributed by atoms with Gasteiger partial charge in [0.2, 0.25) is 0 Å². The first-order valence-corrected chi connectivity index (χ1v) is 12.1. The van der Waals surface area contributed by atoms with Gasteiger partial charge in [-0.05, 0) is 0 Å². The number of rotatable bonds is 4. The van der Waals surface area contributed by atoms with Crippen molar-refractivity contribution in [3.05, 3.63) is 65.7 Å². The number of nitrogens with zero attached hydrogens (tertiary/aromatic N) is 1. The molecule has 0 atom stereocenters. The first kappa shape index (κ1) is 18.8. The number of methoxy groups -OCH3 is 1. The molecule has 28 heavy (non-hydrogen) atoms. The van der Waals surface area contributed by atoms with Crippen molar-refractivity contribution < 1.29 is 16.7 Å². The Morgan fingerprint density at radius 2 is 1.75 bits per heavy atom. The van der Waals surface area contributed by atoms with Gasteiger partial charge in [-0.15, -0.1) is 0 Å². The molecule has 4 rings (SSSR count). The molecule has 0 amide bonds. The van der Waals surface area contributed by atoms with Crippen LogP contribution in [0.4, 0.5) is 11.4 Å². The van der Waals surface area contributed by atoms with Crippen LogP contribution in [0.5, 0.6) is 5.75 Å². The number of anilines is 2. The monoisotopic (exact) mass is 458 g/mol. The normalized spacial score (nSPS) is 11.7. The first-order chi connectivity index (χ1) is 13.3. The third kappa shape index (κ3) is 3.73. The van der Waals surface area contributed by atoms with Gasteiger partial charge in [0.05, 0.1) is 0 Å². The summed E-state index contributed by atoms with van der Waals surface area (Å²) in [6, 6.07) is 17.3. The molecule has 0 aliphatic heterocycles. The van der Waals surface area contributed by atoms with Crippen molar-refractivity contribution in [3.63, 3.8) is 0 Å². The molecule has 4 aromatic rings. The Morgan fingerprint density at radius 1 is 1.00 bits per heavy atom. The van der Waals surface area contributed by atoms with Crippen LogP contribution in [-0.2, 0) is 3.74 Å². The van der Waals surface area contributed by atoms with Crippen LogP contribution < -0.4 is 14.4 Å². The molecule has 0 bridgehead atoms. The first-order valence-electron chi connectivity index (χ1n) is 8.35. The Balaban J connectivity index is 1.82. The molecule has 3 N–H and O–H groups in total. The average Bonchev–Trinajstić information content (AvgIpc) is 2.66. The Labute approximate surface area is 168 Å². The molecule has 1 aromatic heterocycles. The maximum absolute atomic E-state index is 11.4. The van der Waals surface area contributed by atoms with Crippen LogP contribution in [0.1, 0.15) is 0 Å². The van der Waals surface area contributed by atoms with Crippen LogP contribution in [0.2, 0.25) is 5.02 Å². The number of benzene rings is 3. The predicted octanol–water partition coefficient (Wildman–Crippen LogP) is 3.35. The van der Waals surface area contributed by atoms with Crippen molar-refractivity contribution >= 4 is 63.3 Å². The summed E-state index contributed by atoms with van der Waals surface area (Å²) in [5, 5.41) is 5.71. The van der Waals surface area contributed by atoms with Crippen LogP contribution in [0.25, 0.3) is 21.8 Å². The van der Waals surface area contributed by atoms with Gasteiger partial charge in [0, 0.05) is 0 Å². The Morgan fingerprint density at radius 3 is 2.43 bits per heavy atom. The Kier molecular flexibility index (Phi) is 4.81. The van der Waals surface area contributed by atoms with Crippen molar-refractivity contribution in [3.8, 4) is 5.75 Å². The fraction of sp³-hybridized carbons (Fsp3) is 0.0500. The number of halogens is 1. The third-order valence-electron chi connectivity index (χ3n) is 4.36. The van der Waals surface area contributed by atoms with E-state index in [9.17, 15) is 11.9 Å². The van der Waals surface area contributed by atoms with Gasteiger partial charge in [-0.25, -0.2) is 0 Å². The molecule has 0 radical (unpaired) electrons. The van der Waals surface area contributed by atoms with E-state index in [2.05, 4.69) is 5.32 Å². The summed E-state index contributed by atoms with van der Waals surface area (Å²) in [5.41, 5.74) is 2.96. The summed E-state index contributed by atoms with van der Waals surface area (Å²) in [6.07, 6.45) is 0. The Bertz CT molecular complexity index is 1240. The number of nitrogens with one attached hydrogen (secondary N) is 1. The van der Waals surface area contributed by atoms with Gasteiger partial charge in [0.25, 0.3) is 0 Å². The number of fused-ring (bicyclic) bond motifs is 2. The van der Waals surface area contributed by atoms with Crippen LogP contribution in [-0.4, -0.2) is 34.5 Å². The van der Waals surface area contributed by atoms with Crippen molar-refractivity contribution in [1.29, 1.82) is 0 Å². The van der Waals surface area contributed by atoms with Gasteiger partial charge >= 0.3 is 157 Å². The van der Waals surface area contributed by atoms with Crippen LogP contribution in [0, 0.1) is 0 Å². The molecule has 1 heterocycles. The molecule has 0 fully saturated rings. The number of hydrogen-bond donors (Lipinski definition) is 3. The minimum absolute atomic E-state index is 0.0279. The van der Waals surface area contributed by atoms with E-state index in [0.717, 1.165) is 27.5 Å². The molecular weight excluding hydrogens is 443 g/mol. The zero-order valence-electron chi connectivity index (χ0n) is 14.8. The summed E-state index contributed by atoms with van der Waals surface area (Å²) in [6.45, 7) is 0. The summed E-state index contributed by atoms with van der Waals surface area (Å²) in [7, 11) is 1.59. The number of ether oxygens (including phenoxy) is 1. The van der Waals surface area contributed by atoms with E-state index in [1.165, 1.54) is 12.1 Å². The second-order valence-electron chi connectivity index (χ2n) is 6.29. The van der Waals surface area contributed by atoms with E-state index in [1.54, 1.807) is 25.3 Å². The Hall–Kier alpha value is -2.50. The predicted molar refractivity (Wildman–Crippen MR) is 111 cm³/mol. The summed E-state index contributed by atoms with van der Waals surface area (Å²) < 4.78 is 35.5. The van der Waals surface area contributed by atoms with E-state index < -0.39 is 14.2 Å². The maximum atomic E-state index is 11.4. The fourth-order valence-corrected chi connectivity index (χ4v) is 4.31. The average molecular weight is 459 g/mol. The quantitative estimate of drug-likeness (QED) is 0.321. The van der Waals surface area contributed by atoms with Gasteiger partial charge in [0.15, 0.2) is 0 Å². The summed E-state index contributed by atoms with van der Waals surface area (Å²) in [4.78, 5) is 4.75. The number of pyridine rings is 1. The van der Waals surface area contributed by atoms with Crippen molar-refractivity contribution in [2.75, 3.05) is 12.4 Å². The van der Waals surface area contributed by atoms with Gasteiger partial charge < -0.3 is 0 Å². The van der Waals surface area contributed by atoms with E-state index in [1.807, 2.05) is 30.3 Å². The second kappa shape index (κ2) is 7.15. The zero-order valence-corrected chi connectivity index (χ0v) is 17.4. The SMILES string of the molecule is COc1cc(Nc2ccc([As](=O)(O)O)cc2)c2nc3ccc(Cl)cc3cc2c1. The third-order valence-corrected chi connectivity index (χ3v) is 6.64. The molecule has 6 nitrogen and oxygen atoms in total. The molecule has 8 heteroatoms. The number of hydrogen-bond acceptors (Lipinski definition) is 4. The van der Waals surface area contributed by atoms with E-state index >= 15 is 0 Å². The van der Waals surface area contributed by atoms with Crippen molar-refractivity contribution in [2.45, 2.75) is 0 Å². The van der Waals surface area contributed by atoms with Gasteiger partial charge in [-0.3, -0.25) is 0 Å². The molecular formula is C20H16AsClN2O4. The van der Waals surface area contributed by atoms with Crippen molar-refractivity contribution in [1.82, 2.24) is 4.98 Å². The molecule has 0 aliphatic rings. The van der Waals surface area contributed by atoms with Crippen LogP contribution in [0.3, 0.4) is 0 Å². The van der Waals surface area contributed by atoms with E-state index in [0.29, 0.717) is 16.5 Å². The van der Waals surface area contributed by atoms with E-state index in [-0.39, 0.29) is 4.35 Å².